The van der Waals surface area contributed by atoms with Gasteiger partial charge in [-0.15, -0.1) is 0 Å². The molecule has 3 unspecified atom stereocenters. The van der Waals surface area contributed by atoms with Gasteiger partial charge in [0.05, 0.1) is 12.1 Å². The minimum Gasteiger partial charge on any atom is -0.444 e. The van der Waals surface area contributed by atoms with Crippen molar-refractivity contribution >= 4 is 6.09 Å². The Morgan fingerprint density at radius 2 is 1.90 bits per heavy atom. The first-order chi connectivity index (χ1) is 9.51. The largest absolute Gasteiger partial charge is 0.444 e. The number of carbonyl (C=O) groups is 1. The van der Waals surface area contributed by atoms with Gasteiger partial charge in [0.15, 0.2) is 0 Å². The standard InChI is InChI=1S/C17H31NO3/c1-12(2)8-9-13(3)10-11-15(19)14(4)18-16(20)21-17(5,6)7/h8-9,13-15,19H,1,10-11H2,2-7H3,(H,18,20)/b9-8+. The molecule has 0 aliphatic rings. The normalized spacial score (nSPS) is 16.3. The van der Waals surface area contributed by atoms with Gasteiger partial charge in [0, 0.05) is 0 Å². The number of allylic oxidation sites excluding steroid dienone is 3. The minimum absolute atomic E-state index is 0.336. The Morgan fingerprint density at radius 3 is 2.38 bits per heavy atom. The lowest BCUT2D eigenvalue weighted by Crippen LogP contribution is -2.43. The van der Waals surface area contributed by atoms with Crippen LogP contribution in [0.2, 0.25) is 0 Å². The van der Waals surface area contributed by atoms with Crippen molar-refractivity contribution in [2.24, 2.45) is 5.92 Å². The van der Waals surface area contributed by atoms with Gasteiger partial charge in [-0.3, -0.25) is 0 Å². The van der Waals surface area contributed by atoms with Crippen LogP contribution in [0, 0.1) is 5.92 Å². The molecule has 3 atom stereocenters. The number of ether oxygens (including phenoxy) is 1. The highest BCUT2D eigenvalue weighted by atomic mass is 16.6. The molecule has 0 aliphatic carbocycles. The zero-order chi connectivity index (χ0) is 16.6. The third-order valence-corrected chi connectivity index (χ3v) is 2.95. The molecule has 0 saturated heterocycles. The summed E-state index contributed by atoms with van der Waals surface area (Å²) in [6.07, 6.45) is 4.46. The van der Waals surface area contributed by atoms with Crippen molar-refractivity contribution in [1.82, 2.24) is 5.32 Å². The molecule has 0 rings (SSSR count). The van der Waals surface area contributed by atoms with E-state index in [0.29, 0.717) is 12.3 Å². The van der Waals surface area contributed by atoms with Crippen LogP contribution < -0.4 is 5.32 Å². The Bertz CT molecular complexity index is 369. The Balaban J connectivity index is 4.13. The molecule has 0 aromatic heterocycles. The number of aliphatic hydroxyl groups excluding tert-OH is 1. The second-order valence-electron chi connectivity index (χ2n) is 6.76. The van der Waals surface area contributed by atoms with E-state index in [4.69, 9.17) is 4.74 Å². The molecular formula is C17H31NO3. The monoisotopic (exact) mass is 297 g/mol. The molecule has 4 nitrogen and oxygen atoms in total. The zero-order valence-corrected chi connectivity index (χ0v) is 14.3. The highest BCUT2D eigenvalue weighted by Crippen LogP contribution is 2.13. The van der Waals surface area contributed by atoms with Crippen molar-refractivity contribution in [2.75, 3.05) is 0 Å². The summed E-state index contributed by atoms with van der Waals surface area (Å²) in [6, 6.07) is -0.336. The number of carbonyl (C=O) groups excluding carboxylic acids is 1. The molecule has 0 aromatic rings. The maximum atomic E-state index is 11.6. The summed E-state index contributed by atoms with van der Waals surface area (Å²) < 4.78 is 5.17. The van der Waals surface area contributed by atoms with Crippen molar-refractivity contribution in [3.63, 3.8) is 0 Å². The SMILES string of the molecule is C=C(C)/C=C/C(C)CCC(O)C(C)NC(=O)OC(C)(C)C. The summed E-state index contributed by atoms with van der Waals surface area (Å²) in [5, 5.41) is 12.7. The Kier molecular flexibility index (Phi) is 8.33. The number of hydrogen-bond acceptors (Lipinski definition) is 3. The quantitative estimate of drug-likeness (QED) is 0.703. The summed E-state index contributed by atoms with van der Waals surface area (Å²) in [6.45, 7) is 15.1. The first kappa shape index (κ1) is 19.7. The van der Waals surface area contributed by atoms with Crippen molar-refractivity contribution in [3.05, 3.63) is 24.3 Å². The van der Waals surface area contributed by atoms with Crippen LogP contribution in [0.4, 0.5) is 4.79 Å². The van der Waals surface area contributed by atoms with E-state index in [-0.39, 0.29) is 6.04 Å². The number of amides is 1. The molecule has 0 saturated carbocycles. The Hall–Kier alpha value is -1.29. The van der Waals surface area contributed by atoms with Crippen LogP contribution >= 0.6 is 0 Å². The van der Waals surface area contributed by atoms with Crippen LogP contribution in [0.5, 0.6) is 0 Å². The average molecular weight is 297 g/mol. The highest BCUT2D eigenvalue weighted by Gasteiger charge is 2.21. The van der Waals surface area contributed by atoms with E-state index < -0.39 is 17.8 Å². The van der Waals surface area contributed by atoms with Gasteiger partial charge in [-0.05, 0) is 53.4 Å². The topological polar surface area (TPSA) is 58.6 Å². The van der Waals surface area contributed by atoms with E-state index in [9.17, 15) is 9.90 Å². The maximum Gasteiger partial charge on any atom is 0.407 e. The van der Waals surface area contributed by atoms with Crippen LogP contribution in [-0.4, -0.2) is 28.9 Å². The molecule has 2 N–H and O–H groups in total. The van der Waals surface area contributed by atoms with Crippen molar-refractivity contribution in [2.45, 2.75) is 72.1 Å². The van der Waals surface area contributed by atoms with Crippen LogP contribution in [0.25, 0.3) is 0 Å². The van der Waals surface area contributed by atoms with Gasteiger partial charge in [-0.2, -0.15) is 0 Å². The number of hydrogen-bond donors (Lipinski definition) is 2. The fourth-order valence-electron chi connectivity index (χ4n) is 1.70. The van der Waals surface area contributed by atoms with Crippen LogP contribution in [0.3, 0.4) is 0 Å². The van der Waals surface area contributed by atoms with E-state index >= 15 is 0 Å². The molecule has 0 fully saturated rings. The molecule has 0 bridgehead atoms. The van der Waals surface area contributed by atoms with Crippen molar-refractivity contribution in [3.8, 4) is 0 Å². The summed E-state index contributed by atoms with van der Waals surface area (Å²) in [5.41, 5.74) is 0.485. The lowest BCUT2D eigenvalue weighted by Gasteiger charge is -2.24. The number of nitrogens with one attached hydrogen (secondary N) is 1. The van der Waals surface area contributed by atoms with E-state index in [1.165, 1.54) is 0 Å². The van der Waals surface area contributed by atoms with Crippen LogP contribution in [0.15, 0.2) is 24.3 Å². The fourth-order valence-corrected chi connectivity index (χ4v) is 1.70. The summed E-state index contributed by atoms with van der Waals surface area (Å²) in [5.74, 6) is 0.366. The number of aliphatic hydroxyl groups is 1. The third kappa shape index (κ3) is 11.1. The minimum atomic E-state index is -0.585. The first-order valence-electron chi connectivity index (χ1n) is 7.52. The van der Waals surface area contributed by atoms with Gasteiger partial charge < -0.3 is 15.2 Å². The first-order valence-corrected chi connectivity index (χ1v) is 7.52. The van der Waals surface area contributed by atoms with Gasteiger partial charge in [-0.1, -0.05) is 31.2 Å². The summed E-state index contributed by atoms with van der Waals surface area (Å²) >= 11 is 0. The molecule has 4 heteroatoms. The van der Waals surface area contributed by atoms with E-state index in [2.05, 4.69) is 24.9 Å². The van der Waals surface area contributed by atoms with Crippen molar-refractivity contribution in [1.29, 1.82) is 0 Å². The van der Waals surface area contributed by atoms with Crippen molar-refractivity contribution < 1.29 is 14.6 Å². The van der Waals surface area contributed by atoms with Gasteiger partial charge in [0.1, 0.15) is 5.60 Å². The number of alkyl carbamates (subject to hydrolysis) is 1. The number of rotatable bonds is 7. The molecule has 0 aliphatic heterocycles. The second kappa shape index (κ2) is 8.88. The third-order valence-electron chi connectivity index (χ3n) is 2.95. The lowest BCUT2D eigenvalue weighted by atomic mass is 9.99. The van der Waals surface area contributed by atoms with E-state index in [1.54, 1.807) is 6.92 Å². The van der Waals surface area contributed by atoms with E-state index in [1.807, 2.05) is 33.8 Å². The summed E-state index contributed by atoms with van der Waals surface area (Å²) in [4.78, 5) is 11.6. The molecule has 0 aromatic carbocycles. The van der Waals surface area contributed by atoms with Gasteiger partial charge in [0.2, 0.25) is 0 Å². The average Bonchev–Trinajstić information content (AvgIpc) is 2.30. The van der Waals surface area contributed by atoms with E-state index in [0.717, 1.165) is 12.0 Å². The molecule has 0 radical (unpaired) electrons. The molecule has 21 heavy (non-hydrogen) atoms. The predicted octanol–water partition coefficient (Wildman–Crippen LogP) is 3.81. The van der Waals surface area contributed by atoms with Gasteiger partial charge in [-0.25, -0.2) is 4.79 Å². The predicted molar refractivity (Wildman–Crippen MR) is 87.2 cm³/mol. The highest BCUT2D eigenvalue weighted by molar-refractivity contribution is 5.68. The van der Waals surface area contributed by atoms with Gasteiger partial charge >= 0.3 is 6.09 Å². The molecule has 122 valence electrons. The van der Waals surface area contributed by atoms with Crippen LogP contribution in [-0.2, 0) is 4.74 Å². The summed E-state index contributed by atoms with van der Waals surface area (Å²) in [7, 11) is 0. The van der Waals surface area contributed by atoms with Crippen LogP contribution in [0.1, 0.15) is 54.4 Å². The zero-order valence-electron chi connectivity index (χ0n) is 14.3. The lowest BCUT2D eigenvalue weighted by molar-refractivity contribution is 0.0425. The smallest absolute Gasteiger partial charge is 0.407 e. The van der Waals surface area contributed by atoms with Gasteiger partial charge in [0.25, 0.3) is 0 Å². The molecule has 1 amide bonds. The fraction of sp³-hybridized carbons (Fsp3) is 0.706. The second-order valence-corrected chi connectivity index (χ2v) is 6.76. The maximum absolute atomic E-state index is 11.6. The molecule has 0 heterocycles. The molecular weight excluding hydrogens is 266 g/mol. The Morgan fingerprint density at radius 1 is 1.33 bits per heavy atom. The Labute approximate surface area is 129 Å². The molecule has 0 spiro atoms.